The third kappa shape index (κ3) is 3.87. The lowest BCUT2D eigenvalue weighted by Crippen LogP contribution is -2.26. The van der Waals surface area contributed by atoms with Crippen LogP contribution in [0.1, 0.15) is 19.4 Å². The normalized spacial score (nSPS) is 12.7. The molecule has 1 unspecified atom stereocenters. The summed E-state index contributed by atoms with van der Waals surface area (Å²) >= 11 is 1.47. The van der Waals surface area contributed by atoms with Crippen LogP contribution in [-0.4, -0.2) is 16.6 Å². The summed E-state index contributed by atoms with van der Waals surface area (Å²) in [6.45, 7) is 4.18. The number of aromatic nitrogens is 1. The molecule has 1 amide bonds. The van der Waals surface area contributed by atoms with Crippen LogP contribution in [0.3, 0.4) is 0 Å². The summed E-state index contributed by atoms with van der Waals surface area (Å²) < 4.78 is 8.64. The second-order valence-corrected chi connectivity index (χ2v) is 6.86. The topological polar surface area (TPSA) is 43.6 Å². The molecule has 3 aromatic rings. The van der Waals surface area contributed by atoms with Crippen LogP contribution in [-0.2, 0) is 17.8 Å². The monoisotopic (exact) mass is 364 g/mol. The quantitative estimate of drug-likeness (QED) is 0.647. The first-order valence-electron chi connectivity index (χ1n) is 8.48. The van der Waals surface area contributed by atoms with E-state index in [1.165, 1.54) is 16.9 Å². The maximum absolute atomic E-state index is 12.5. The first-order valence-corrected chi connectivity index (χ1v) is 9.30. The zero-order chi connectivity index (χ0) is 18.5. The van der Waals surface area contributed by atoms with Crippen molar-refractivity contribution in [3.8, 4) is 18.1 Å². The number of nitrogens with zero attached hydrogens (tertiary/aromatic N) is 2. The van der Waals surface area contributed by atoms with Gasteiger partial charge in [0.2, 0.25) is 0 Å². The summed E-state index contributed by atoms with van der Waals surface area (Å²) in [5, 5.41) is 0. The molecule has 0 N–H and O–H groups in total. The molecule has 0 saturated carbocycles. The Morgan fingerprint density at radius 3 is 2.77 bits per heavy atom. The predicted molar refractivity (Wildman–Crippen MR) is 105 cm³/mol. The Hall–Kier alpha value is -2.84. The number of ether oxygens (including phenoxy) is 1. The number of thiazole rings is 1. The number of carbonyl (C=O) groups is 1. The highest BCUT2D eigenvalue weighted by molar-refractivity contribution is 7.16. The molecular formula is C21H20N2O2S. The van der Waals surface area contributed by atoms with Gasteiger partial charge < -0.3 is 9.30 Å². The van der Waals surface area contributed by atoms with Crippen molar-refractivity contribution < 1.29 is 9.53 Å². The number of rotatable bonds is 5. The Kier molecular flexibility index (Phi) is 5.55. The summed E-state index contributed by atoms with van der Waals surface area (Å²) in [6.07, 6.45) is 5.79. The van der Waals surface area contributed by atoms with Gasteiger partial charge >= 0.3 is 0 Å². The van der Waals surface area contributed by atoms with Gasteiger partial charge in [-0.1, -0.05) is 48.4 Å². The Balaban J connectivity index is 1.96. The van der Waals surface area contributed by atoms with E-state index in [1.807, 2.05) is 41.0 Å². The second kappa shape index (κ2) is 8.03. The fraction of sp³-hybridized carbons (Fsp3) is 0.238. The van der Waals surface area contributed by atoms with Crippen LogP contribution in [0.25, 0.3) is 10.2 Å². The molecule has 0 bridgehead atoms. The van der Waals surface area contributed by atoms with Gasteiger partial charge in [0.25, 0.3) is 5.91 Å². The van der Waals surface area contributed by atoms with E-state index in [2.05, 4.69) is 30.0 Å². The summed E-state index contributed by atoms with van der Waals surface area (Å²) in [5.41, 5.74) is 2.23. The zero-order valence-corrected chi connectivity index (χ0v) is 15.6. The van der Waals surface area contributed by atoms with Crippen molar-refractivity contribution in [1.82, 2.24) is 4.57 Å². The minimum Gasteiger partial charge on any atom is -0.481 e. The van der Waals surface area contributed by atoms with Gasteiger partial charge in [-0.2, -0.15) is 4.99 Å². The first kappa shape index (κ1) is 18.0. The van der Waals surface area contributed by atoms with Crippen LogP contribution >= 0.6 is 11.3 Å². The van der Waals surface area contributed by atoms with E-state index >= 15 is 0 Å². The van der Waals surface area contributed by atoms with Gasteiger partial charge in [-0.15, -0.1) is 6.42 Å². The van der Waals surface area contributed by atoms with Crippen molar-refractivity contribution in [2.24, 2.45) is 4.99 Å². The van der Waals surface area contributed by atoms with Gasteiger partial charge in [-0.25, -0.2) is 0 Å². The second-order valence-electron chi connectivity index (χ2n) is 5.85. The van der Waals surface area contributed by atoms with E-state index < -0.39 is 6.10 Å². The lowest BCUT2D eigenvalue weighted by atomic mass is 10.2. The minimum atomic E-state index is -0.673. The summed E-state index contributed by atoms with van der Waals surface area (Å²) in [6, 6.07) is 15.5. The molecule has 1 aromatic heterocycles. The number of benzene rings is 2. The number of para-hydroxylation sites is 1. The molecule has 1 heterocycles. The average Bonchev–Trinajstić information content (AvgIpc) is 2.99. The Bertz CT molecular complexity index is 1030. The molecular weight excluding hydrogens is 344 g/mol. The van der Waals surface area contributed by atoms with Crippen molar-refractivity contribution >= 4 is 27.5 Å². The summed E-state index contributed by atoms with van der Waals surface area (Å²) in [4.78, 5) is 17.4. The van der Waals surface area contributed by atoms with Gasteiger partial charge in [0.05, 0.1) is 16.8 Å². The van der Waals surface area contributed by atoms with E-state index in [-0.39, 0.29) is 5.91 Å². The number of aryl methyl sites for hydroxylation is 1. The average molecular weight is 364 g/mol. The van der Waals surface area contributed by atoms with Gasteiger partial charge in [0.15, 0.2) is 10.9 Å². The molecule has 0 spiro atoms. The number of hydrogen-bond donors (Lipinski definition) is 0. The minimum absolute atomic E-state index is 0.332. The molecule has 0 aliphatic heterocycles. The summed E-state index contributed by atoms with van der Waals surface area (Å²) in [5.74, 6) is 2.95. The molecule has 132 valence electrons. The Labute approximate surface area is 156 Å². The number of amides is 1. The molecule has 0 aliphatic rings. The van der Waals surface area contributed by atoms with E-state index in [0.717, 1.165) is 16.6 Å². The molecule has 3 rings (SSSR count). The Morgan fingerprint density at radius 1 is 1.31 bits per heavy atom. The third-order valence-corrected chi connectivity index (χ3v) is 5.06. The fourth-order valence-corrected chi connectivity index (χ4v) is 3.70. The fourth-order valence-electron chi connectivity index (χ4n) is 2.61. The number of terminal acetylenes is 1. The van der Waals surface area contributed by atoms with Crippen LogP contribution in [0, 0.1) is 12.3 Å². The van der Waals surface area contributed by atoms with Crippen LogP contribution in [0.5, 0.6) is 5.75 Å². The van der Waals surface area contributed by atoms with Gasteiger partial charge in [-0.3, -0.25) is 4.79 Å². The van der Waals surface area contributed by atoms with Crippen molar-refractivity contribution in [3.05, 3.63) is 58.9 Å². The van der Waals surface area contributed by atoms with Crippen molar-refractivity contribution in [2.45, 2.75) is 32.9 Å². The van der Waals surface area contributed by atoms with E-state index in [0.29, 0.717) is 17.1 Å². The van der Waals surface area contributed by atoms with Crippen molar-refractivity contribution in [2.75, 3.05) is 0 Å². The lowest BCUT2D eigenvalue weighted by molar-refractivity contribution is -0.124. The van der Waals surface area contributed by atoms with E-state index in [1.54, 1.807) is 6.92 Å². The predicted octanol–water partition coefficient (Wildman–Crippen LogP) is 3.79. The van der Waals surface area contributed by atoms with E-state index in [4.69, 9.17) is 11.2 Å². The van der Waals surface area contributed by atoms with Gasteiger partial charge in [0.1, 0.15) is 5.75 Å². The van der Waals surface area contributed by atoms with Crippen LogP contribution < -0.4 is 9.54 Å². The summed E-state index contributed by atoms with van der Waals surface area (Å²) in [7, 11) is 0. The number of carbonyl (C=O) groups excluding carboxylic acids is 1. The van der Waals surface area contributed by atoms with Crippen LogP contribution in [0.15, 0.2) is 53.5 Å². The molecule has 26 heavy (non-hydrogen) atoms. The highest BCUT2D eigenvalue weighted by atomic mass is 32.1. The standard InChI is InChI=1S/C21H20N2O2S/c1-4-13-23-18-12-11-16(5-2)14-19(18)26-21(23)22-20(24)15(3)25-17-9-7-6-8-10-17/h1,6-12,14-15H,5,13H2,2-3H3. The molecule has 4 nitrogen and oxygen atoms in total. The number of fused-ring (bicyclic) bond motifs is 1. The zero-order valence-electron chi connectivity index (χ0n) is 14.8. The molecule has 0 aliphatic carbocycles. The first-order chi connectivity index (χ1) is 12.6. The largest absolute Gasteiger partial charge is 0.481 e. The third-order valence-electron chi connectivity index (χ3n) is 4.01. The smallest absolute Gasteiger partial charge is 0.289 e. The van der Waals surface area contributed by atoms with E-state index in [9.17, 15) is 4.79 Å². The molecule has 0 radical (unpaired) electrons. The highest BCUT2D eigenvalue weighted by Crippen LogP contribution is 2.20. The van der Waals surface area contributed by atoms with Crippen molar-refractivity contribution in [3.63, 3.8) is 0 Å². The number of hydrogen-bond acceptors (Lipinski definition) is 3. The lowest BCUT2D eigenvalue weighted by Gasteiger charge is -2.10. The molecule has 5 heteroatoms. The molecule has 2 aromatic carbocycles. The van der Waals surface area contributed by atoms with Crippen molar-refractivity contribution in [1.29, 1.82) is 0 Å². The van der Waals surface area contributed by atoms with Gasteiger partial charge in [0, 0.05) is 0 Å². The molecule has 1 atom stereocenters. The van der Waals surface area contributed by atoms with Crippen LogP contribution in [0.2, 0.25) is 0 Å². The maximum Gasteiger partial charge on any atom is 0.289 e. The molecule has 0 saturated heterocycles. The maximum atomic E-state index is 12.5. The SMILES string of the molecule is C#CCn1c(=NC(=O)C(C)Oc2ccccc2)sc2cc(CC)ccc21. The molecule has 0 fully saturated rings. The Morgan fingerprint density at radius 2 is 2.08 bits per heavy atom. The highest BCUT2D eigenvalue weighted by Gasteiger charge is 2.15. The van der Waals surface area contributed by atoms with Crippen LogP contribution in [0.4, 0.5) is 0 Å². The van der Waals surface area contributed by atoms with Gasteiger partial charge in [-0.05, 0) is 43.2 Å².